The molecule has 0 saturated carbocycles. The normalized spacial score (nSPS) is 10.6. The number of nitrogens with zero attached hydrogens (tertiary/aromatic N) is 5. The highest BCUT2D eigenvalue weighted by Gasteiger charge is 2.11. The molecule has 3 heterocycles. The van der Waals surface area contributed by atoms with Gasteiger partial charge >= 0.3 is 0 Å². The zero-order chi connectivity index (χ0) is 17.1. The van der Waals surface area contributed by atoms with Gasteiger partial charge in [0.1, 0.15) is 5.82 Å². The molecule has 0 spiro atoms. The molecule has 7 nitrogen and oxygen atoms in total. The largest absolute Gasteiger partial charge is 0.309 e. The van der Waals surface area contributed by atoms with Crippen molar-refractivity contribution in [2.24, 2.45) is 0 Å². The summed E-state index contributed by atoms with van der Waals surface area (Å²) in [6, 6.07) is 13.6. The van der Waals surface area contributed by atoms with Gasteiger partial charge in [0.25, 0.3) is 0 Å². The average molecular weight is 329 g/mol. The molecule has 0 aliphatic carbocycles. The van der Waals surface area contributed by atoms with Gasteiger partial charge < -0.3 is 5.32 Å². The number of nitrogens with one attached hydrogen (secondary N) is 2. The van der Waals surface area contributed by atoms with E-state index < -0.39 is 0 Å². The van der Waals surface area contributed by atoms with E-state index in [1.807, 2.05) is 43.3 Å². The summed E-state index contributed by atoms with van der Waals surface area (Å²) in [5.41, 5.74) is 2.98. The molecule has 2 N–H and O–H groups in total. The first-order chi connectivity index (χ1) is 12.3. The summed E-state index contributed by atoms with van der Waals surface area (Å²) in [5, 5.41) is 9.88. The maximum atomic E-state index is 4.62. The molecule has 1 aromatic carbocycles. The molecule has 0 fully saturated rings. The molecular weight excluding hydrogens is 314 g/mol. The maximum absolute atomic E-state index is 4.62. The van der Waals surface area contributed by atoms with E-state index in [0.717, 1.165) is 11.1 Å². The van der Waals surface area contributed by atoms with Crippen LogP contribution >= 0.6 is 0 Å². The number of aromatic amines is 1. The molecule has 0 saturated heterocycles. The van der Waals surface area contributed by atoms with Crippen LogP contribution in [0.15, 0.2) is 61.1 Å². The van der Waals surface area contributed by atoms with E-state index in [0.29, 0.717) is 23.4 Å². The fraction of sp³-hybridized carbons (Fsp3) is 0.0556. The lowest BCUT2D eigenvalue weighted by atomic mass is 10.1. The Morgan fingerprint density at radius 2 is 1.44 bits per heavy atom. The first-order valence-corrected chi connectivity index (χ1v) is 7.78. The quantitative estimate of drug-likeness (QED) is 0.596. The number of aryl methyl sites for hydroxylation is 1. The Bertz CT molecular complexity index is 964. The van der Waals surface area contributed by atoms with Crippen LogP contribution in [0.25, 0.3) is 22.8 Å². The number of aromatic nitrogens is 6. The predicted octanol–water partition coefficient (Wildman–Crippen LogP) is 3.38. The van der Waals surface area contributed by atoms with Crippen molar-refractivity contribution in [1.29, 1.82) is 0 Å². The van der Waals surface area contributed by atoms with Gasteiger partial charge in [-0.25, -0.2) is 4.98 Å². The van der Waals surface area contributed by atoms with Gasteiger partial charge in [0.2, 0.25) is 5.95 Å². The van der Waals surface area contributed by atoms with Gasteiger partial charge in [0.15, 0.2) is 11.6 Å². The monoisotopic (exact) mass is 329 g/mol. The zero-order valence-corrected chi connectivity index (χ0v) is 13.5. The second-order valence-electron chi connectivity index (χ2n) is 5.50. The van der Waals surface area contributed by atoms with E-state index in [9.17, 15) is 0 Å². The van der Waals surface area contributed by atoms with E-state index in [4.69, 9.17) is 0 Å². The van der Waals surface area contributed by atoms with Crippen LogP contribution in [-0.2, 0) is 0 Å². The molecule has 7 heteroatoms. The minimum Gasteiger partial charge on any atom is -0.309 e. The molecule has 0 amide bonds. The topological polar surface area (TPSA) is 92.3 Å². The lowest BCUT2D eigenvalue weighted by Crippen LogP contribution is -2.03. The molecule has 25 heavy (non-hydrogen) atoms. The third kappa shape index (κ3) is 3.35. The van der Waals surface area contributed by atoms with E-state index in [1.54, 1.807) is 24.7 Å². The lowest BCUT2D eigenvalue weighted by Gasteiger charge is -2.08. The number of H-pyrrole nitrogens is 1. The highest BCUT2D eigenvalue weighted by atomic mass is 15.2. The molecule has 0 unspecified atom stereocenters. The highest BCUT2D eigenvalue weighted by Crippen LogP contribution is 2.22. The van der Waals surface area contributed by atoms with Crippen LogP contribution in [0, 0.1) is 6.92 Å². The van der Waals surface area contributed by atoms with Crippen molar-refractivity contribution in [3.05, 3.63) is 66.6 Å². The van der Waals surface area contributed by atoms with Crippen LogP contribution < -0.4 is 5.32 Å². The molecule has 0 radical (unpaired) electrons. The van der Waals surface area contributed by atoms with Gasteiger partial charge in [-0.15, -0.1) is 0 Å². The van der Waals surface area contributed by atoms with Crippen molar-refractivity contribution in [1.82, 2.24) is 30.1 Å². The Kier molecular flexibility index (Phi) is 3.88. The Balaban J connectivity index is 1.81. The SMILES string of the molecule is Cc1ccc(-c2nc(Nc3ccn[nH]3)nc(-c3ccncc3)n2)cc1. The highest BCUT2D eigenvalue weighted by molar-refractivity contribution is 5.64. The van der Waals surface area contributed by atoms with Crippen molar-refractivity contribution in [2.45, 2.75) is 6.92 Å². The van der Waals surface area contributed by atoms with Gasteiger partial charge in [-0.05, 0) is 19.1 Å². The summed E-state index contributed by atoms with van der Waals surface area (Å²) in [4.78, 5) is 17.7. The Morgan fingerprint density at radius 1 is 0.760 bits per heavy atom. The molecule has 0 bridgehead atoms. The number of benzene rings is 1. The predicted molar refractivity (Wildman–Crippen MR) is 95.1 cm³/mol. The maximum Gasteiger partial charge on any atom is 0.232 e. The second kappa shape index (κ2) is 6.48. The lowest BCUT2D eigenvalue weighted by molar-refractivity contribution is 1.05. The number of anilines is 2. The van der Waals surface area contributed by atoms with Gasteiger partial charge in [0, 0.05) is 29.6 Å². The van der Waals surface area contributed by atoms with Crippen molar-refractivity contribution < 1.29 is 0 Å². The fourth-order valence-electron chi connectivity index (χ4n) is 2.34. The van der Waals surface area contributed by atoms with Crippen molar-refractivity contribution in [3.63, 3.8) is 0 Å². The standard InChI is InChI=1S/C18H15N7/c1-12-2-4-13(5-3-12)16-22-17(14-6-9-19-10-7-14)24-18(23-16)21-15-8-11-20-25-15/h2-11H,1H3,(H2,20,21,22,23,24,25). The van der Waals surface area contributed by atoms with E-state index in [-0.39, 0.29) is 0 Å². The van der Waals surface area contributed by atoms with E-state index in [2.05, 4.69) is 35.5 Å². The summed E-state index contributed by atoms with van der Waals surface area (Å²) in [5.74, 6) is 2.34. The molecule has 0 aliphatic rings. The number of hydrogen-bond acceptors (Lipinski definition) is 6. The average Bonchev–Trinajstić information content (AvgIpc) is 3.16. The third-order valence-corrected chi connectivity index (χ3v) is 3.63. The van der Waals surface area contributed by atoms with Crippen LogP contribution in [0.4, 0.5) is 11.8 Å². The Morgan fingerprint density at radius 3 is 2.08 bits per heavy atom. The molecular formula is C18H15N7. The number of pyridine rings is 1. The van der Waals surface area contributed by atoms with Crippen LogP contribution in [0.3, 0.4) is 0 Å². The first kappa shape index (κ1) is 14.9. The van der Waals surface area contributed by atoms with Crippen molar-refractivity contribution >= 4 is 11.8 Å². The van der Waals surface area contributed by atoms with Crippen molar-refractivity contribution in [3.8, 4) is 22.8 Å². The molecule has 122 valence electrons. The summed E-state index contributed by atoms with van der Waals surface area (Å²) >= 11 is 0. The summed E-state index contributed by atoms with van der Waals surface area (Å²) in [6.45, 7) is 2.05. The Hall–Kier alpha value is -3.61. The van der Waals surface area contributed by atoms with Gasteiger partial charge in [0.05, 0.1) is 6.20 Å². The van der Waals surface area contributed by atoms with E-state index in [1.165, 1.54) is 5.56 Å². The van der Waals surface area contributed by atoms with Crippen LogP contribution in [0.2, 0.25) is 0 Å². The zero-order valence-electron chi connectivity index (χ0n) is 13.5. The summed E-state index contributed by atoms with van der Waals surface area (Å²) in [6.07, 6.45) is 5.09. The van der Waals surface area contributed by atoms with Gasteiger partial charge in [-0.2, -0.15) is 15.1 Å². The number of rotatable bonds is 4. The molecule has 3 aromatic heterocycles. The summed E-state index contributed by atoms with van der Waals surface area (Å²) < 4.78 is 0. The minimum atomic E-state index is 0.446. The molecule has 4 rings (SSSR count). The molecule has 4 aromatic rings. The third-order valence-electron chi connectivity index (χ3n) is 3.63. The Labute approximate surface area is 144 Å². The number of hydrogen-bond donors (Lipinski definition) is 2. The van der Waals surface area contributed by atoms with Crippen LogP contribution in [0.1, 0.15) is 5.56 Å². The van der Waals surface area contributed by atoms with E-state index >= 15 is 0 Å². The smallest absolute Gasteiger partial charge is 0.232 e. The van der Waals surface area contributed by atoms with Crippen molar-refractivity contribution in [2.75, 3.05) is 5.32 Å². The second-order valence-corrected chi connectivity index (χ2v) is 5.50. The molecule has 0 aliphatic heterocycles. The first-order valence-electron chi connectivity index (χ1n) is 7.78. The van der Waals surface area contributed by atoms with Crippen LogP contribution in [0.5, 0.6) is 0 Å². The van der Waals surface area contributed by atoms with Gasteiger partial charge in [-0.3, -0.25) is 10.1 Å². The minimum absolute atomic E-state index is 0.446. The fourth-order valence-corrected chi connectivity index (χ4v) is 2.34. The van der Waals surface area contributed by atoms with Crippen LogP contribution in [-0.4, -0.2) is 30.1 Å². The summed E-state index contributed by atoms with van der Waals surface area (Å²) in [7, 11) is 0. The van der Waals surface area contributed by atoms with Gasteiger partial charge in [-0.1, -0.05) is 29.8 Å². The molecule has 0 atom stereocenters.